The van der Waals surface area contributed by atoms with Crippen molar-refractivity contribution < 1.29 is 9.50 Å². The number of nitrogens with zero attached hydrogens (tertiary/aromatic N) is 1. The van der Waals surface area contributed by atoms with E-state index in [1.807, 2.05) is 13.0 Å². The molecule has 3 nitrogen and oxygen atoms in total. The molecule has 0 aromatic heterocycles. The van der Waals surface area contributed by atoms with Crippen LogP contribution in [0, 0.1) is 23.1 Å². The van der Waals surface area contributed by atoms with Crippen LogP contribution < -0.4 is 5.32 Å². The van der Waals surface area contributed by atoms with Crippen molar-refractivity contribution in [2.24, 2.45) is 5.92 Å². The summed E-state index contributed by atoms with van der Waals surface area (Å²) in [5.41, 5.74) is 0.889. The minimum absolute atomic E-state index is 0.175. The van der Waals surface area contributed by atoms with Gasteiger partial charge in [0.05, 0.1) is 11.6 Å². The molecule has 1 aromatic carbocycles. The molecule has 1 aromatic rings. The van der Waals surface area contributed by atoms with Crippen LogP contribution in [0.2, 0.25) is 0 Å². The zero-order chi connectivity index (χ0) is 12.7. The van der Waals surface area contributed by atoms with Crippen molar-refractivity contribution in [2.75, 3.05) is 13.2 Å². The molecule has 4 heteroatoms. The van der Waals surface area contributed by atoms with Crippen LogP contribution in [-0.2, 0) is 6.54 Å². The average molecular weight is 236 g/mol. The first-order chi connectivity index (χ1) is 8.17. The molecular formula is C13H17FN2O. The number of hydrogen-bond acceptors (Lipinski definition) is 3. The molecule has 0 amide bonds. The molecule has 0 bridgehead atoms. The van der Waals surface area contributed by atoms with Crippen molar-refractivity contribution in [1.82, 2.24) is 5.32 Å². The molecule has 0 saturated heterocycles. The highest BCUT2D eigenvalue weighted by molar-refractivity contribution is 5.32. The highest BCUT2D eigenvalue weighted by atomic mass is 19.1. The van der Waals surface area contributed by atoms with Gasteiger partial charge in [0, 0.05) is 18.7 Å². The zero-order valence-corrected chi connectivity index (χ0v) is 9.91. The molecule has 0 heterocycles. The fourth-order valence-electron chi connectivity index (χ4n) is 1.54. The lowest BCUT2D eigenvalue weighted by Crippen LogP contribution is -2.21. The summed E-state index contributed by atoms with van der Waals surface area (Å²) >= 11 is 0. The summed E-state index contributed by atoms with van der Waals surface area (Å²) in [6.45, 7) is 3.37. The lowest BCUT2D eigenvalue weighted by Gasteiger charge is -2.11. The Hall–Kier alpha value is -1.44. The standard InChI is InChI=1S/C13H17FN2O/c1-10(4-5-17)8-16-9-12-3-2-11(7-15)6-13(12)14/h2-3,6,10,16-17H,4-5,8-9H2,1H3. The van der Waals surface area contributed by atoms with E-state index >= 15 is 0 Å². The molecule has 0 spiro atoms. The van der Waals surface area contributed by atoms with E-state index in [-0.39, 0.29) is 12.4 Å². The number of hydrogen-bond donors (Lipinski definition) is 2. The van der Waals surface area contributed by atoms with E-state index < -0.39 is 0 Å². The number of halogens is 1. The van der Waals surface area contributed by atoms with Crippen molar-refractivity contribution in [3.05, 3.63) is 35.1 Å². The third-order valence-corrected chi connectivity index (χ3v) is 2.61. The quantitative estimate of drug-likeness (QED) is 0.792. The minimum atomic E-state index is -0.355. The molecule has 0 saturated carbocycles. The topological polar surface area (TPSA) is 56.0 Å². The summed E-state index contributed by atoms with van der Waals surface area (Å²) in [5, 5.41) is 20.5. The van der Waals surface area contributed by atoms with Gasteiger partial charge >= 0.3 is 0 Å². The van der Waals surface area contributed by atoms with Crippen LogP contribution in [0.1, 0.15) is 24.5 Å². The maximum Gasteiger partial charge on any atom is 0.129 e. The lowest BCUT2D eigenvalue weighted by molar-refractivity contribution is 0.260. The van der Waals surface area contributed by atoms with Gasteiger partial charge in [-0.25, -0.2) is 4.39 Å². The molecule has 0 fully saturated rings. The van der Waals surface area contributed by atoms with Gasteiger partial charge < -0.3 is 10.4 Å². The van der Waals surface area contributed by atoms with Crippen molar-refractivity contribution in [3.8, 4) is 6.07 Å². The van der Waals surface area contributed by atoms with Gasteiger partial charge in [-0.05, 0) is 31.0 Å². The van der Waals surface area contributed by atoms with Crippen molar-refractivity contribution in [1.29, 1.82) is 5.26 Å². The summed E-state index contributed by atoms with van der Waals surface area (Å²) in [6, 6.07) is 6.37. The van der Waals surface area contributed by atoms with Crippen LogP contribution in [0.25, 0.3) is 0 Å². The fourth-order valence-corrected chi connectivity index (χ4v) is 1.54. The number of aliphatic hydroxyl groups excluding tert-OH is 1. The summed E-state index contributed by atoms with van der Waals surface area (Å²) in [7, 11) is 0. The van der Waals surface area contributed by atoms with E-state index in [1.54, 1.807) is 12.1 Å². The summed E-state index contributed by atoms with van der Waals surface area (Å²) in [6.07, 6.45) is 0.739. The molecule has 92 valence electrons. The van der Waals surface area contributed by atoms with E-state index in [1.165, 1.54) is 6.07 Å². The first-order valence-electron chi connectivity index (χ1n) is 5.67. The fraction of sp³-hybridized carbons (Fsp3) is 0.462. The highest BCUT2D eigenvalue weighted by Crippen LogP contribution is 2.10. The molecule has 1 atom stereocenters. The molecule has 2 N–H and O–H groups in total. The number of benzene rings is 1. The summed E-state index contributed by atoms with van der Waals surface area (Å²) in [5.74, 6) is 0.00723. The van der Waals surface area contributed by atoms with Gasteiger partial charge in [-0.15, -0.1) is 0 Å². The molecule has 0 aliphatic rings. The number of nitrogens with one attached hydrogen (secondary N) is 1. The second-order valence-electron chi connectivity index (χ2n) is 4.17. The summed E-state index contributed by atoms with van der Waals surface area (Å²) < 4.78 is 13.5. The van der Waals surface area contributed by atoms with Crippen LogP contribution in [-0.4, -0.2) is 18.3 Å². The predicted molar refractivity (Wildman–Crippen MR) is 63.7 cm³/mol. The van der Waals surface area contributed by atoms with Gasteiger partial charge in [0.2, 0.25) is 0 Å². The number of rotatable bonds is 6. The second kappa shape index (κ2) is 7.00. The molecule has 0 aliphatic carbocycles. The van der Waals surface area contributed by atoms with E-state index in [0.717, 1.165) is 13.0 Å². The van der Waals surface area contributed by atoms with Gasteiger partial charge in [-0.2, -0.15) is 5.26 Å². The third kappa shape index (κ3) is 4.51. The highest BCUT2D eigenvalue weighted by Gasteiger charge is 2.05. The third-order valence-electron chi connectivity index (χ3n) is 2.61. The SMILES string of the molecule is CC(CCO)CNCc1ccc(C#N)cc1F. The van der Waals surface area contributed by atoms with Crippen molar-refractivity contribution in [3.63, 3.8) is 0 Å². The van der Waals surface area contributed by atoms with Gasteiger partial charge in [-0.1, -0.05) is 13.0 Å². The molecular weight excluding hydrogens is 219 g/mol. The second-order valence-corrected chi connectivity index (χ2v) is 4.17. The predicted octanol–water partition coefficient (Wildman–Crippen LogP) is 1.81. The number of nitriles is 1. The van der Waals surface area contributed by atoms with Crippen LogP contribution >= 0.6 is 0 Å². The monoisotopic (exact) mass is 236 g/mol. The Morgan fingerprint density at radius 2 is 2.29 bits per heavy atom. The zero-order valence-electron chi connectivity index (χ0n) is 9.91. The molecule has 0 aliphatic heterocycles. The maximum atomic E-state index is 13.5. The van der Waals surface area contributed by atoms with Crippen LogP contribution in [0.4, 0.5) is 4.39 Å². The van der Waals surface area contributed by atoms with E-state index in [9.17, 15) is 4.39 Å². The van der Waals surface area contributed by atoms with Gasteiger partial charge in [-0.3, -0.25) is 0 Å². The minimum Gasteiger partial charge on any atom is -0.396 e. The largest absolute Gasteiger partial charge is 0.396 e. The van der Waals surface area contributed by atoms with Gasteiger partial charge in [0.1, 0.15) is 5.82 Å². The first-order valence-corrected chi connectivity index (χ1v) is 5.67. The first kappa shape index (κ1) is 13.6. The van der Waals surface area contributed by atoms with E-state index in [0.29, 0.717) is 23.6 Å². The normalized spacial score (nSPS) is 12.1. The molecule has 1 rings (SSSR count). The Kier molecular flexibility index (Phi) is 5.61. The smallest absolute Gasteiger partial charge is 0.129 e. The Balaban J connectivity index is 2.45. The van der Waals surface area contributed by atoms with E-state index in [4.69, 9.17) is 10.4 Å². The number of aliphatic hydroxyl groups is 1. The van der Waals surface area contributed by atoms with Crippen LogP contribution in [0.15, 0.2) is 18.2 Å². The van der Waals surface area contributed by atoms with Gasteiger partial charge in [0.25, 0.3) is 0 Å². The van der Waals surface area contributed by atoms with Gasteiger partial charge in [0.15, 0.2) is 0 Å². The summed E-state index contributed by atoms with van der Waals surface area (Å²) in [4.78, 5) is 0. The van der Waals surface area contributed by atoms with Crippen LogP contribution in [0.3, 0.4) is 0 Å². The molecule has 1 unspecified atom stereocenters. The van der Waals surface area contributed by atoms with Crippen LogP contribution in [0.5, 0.6) is 0 Å². The molecule has 0 radical (unpaired) electrons. The Morgan fingerprint density at radius 3 is 2.88 bits per heavy atom. The Bertz CT molecular complexity index is 401. The van der Waals surface area contributed by atoms with Crippen molar-refractivity contribution in [2.45, 2.75) is 19.9 Å². The Morgan fingerprint density at radius 1 is 1.53 bits per heavy atom. The average Bonchev–Trinajstić information content (AvgIpc) is 2.31. The van der Waals surface area contributed by atoms with Crippen molar-refractivity contribution >= 4 is 0 Å². The van der Waals surface area contributed by atoms with E-state index in [2.05, 4.69) is 5.32 Å². The molecule has 17 heavy (non-hydrogen) atoms. The lowest BCUT2D eigenvalue weighted by atomic mass is 10.1. The maximum absolute atomic E-state index is 13.5. The Labute approximate surface area is 101 Å².